The van der Waals surface area contributed by atoms with E-state index in [9.17, 15) is 0 Å². The lowest BCUT2D eigenvalue weighted by Gasteiger charge is -2.19. The lowest BCUT2D eigenvalue weighted by atomic mass is 9.87. The first-order valence-electron chi connectivity index (χ1n) is 8.46. The van der Waals surface area contributed by atoms with E-state index in [4.69, 9.17) is 9.47 Å². The second-order valence-electron chi connectivity index (χ2n) is 8.40. The van der Waals surface area contributed by atoms with Gasteiger partial charge in [0.1, 0.15) is 5.75 Å². The number of benzene rings is 1. The van der Waals surface area contributed by atoms with Crippen molar-refractivity contribution in [2.24, 2.45) is 5.41 Å². The minimum atomic E-state index is 0.140. The summed E-state index contributed by atoms with van der Waals surface area (Å²) in [4.78, 5) is 4.51. The number of pyridine rings is 1. The predicted molar refractivity (Wildman–Crippen MR) is 98.6 cm³/mol. The summed E-state index contributed by atoms with van der Waals surface area (Å²) in [7, 11) is 0. The van der Waals surface area contributed by atoms with Crippen LogP contribution in [-0.4, -0.2) is 11.6 Å². The topological polar surface area (TPSA) is 31.4 Å². The molecule has 0 aliphatic rings. The van der Waals surface area contributed by atoms with E-state index in [1.54, 1.807) is 0 Å². The molecule has 3 nitrogen and oxygen atoms in total. The van der Waals surface area contributed by atoms with Crippen LogP contribution < -0.4 is 4.74 Å². The molecule has 0 N–H and O–H groups in total. The van der Waals surface area contributed by atoms with E-state index in [1.807, 2.05) is 30.3 Å². The summed E-state index contributed by atoms with van der Waals surface area (Å²) >= 11 is 0. The Hall–Kier alpha value is -1.87. The lowest BCUT2D eigenvalue weighted by Crippen LogP contribution is -2.14. The molecular weight excluding hydrogens is 298 g/mol. The minimum Gasteiger partial charge on any atom is -0.439 e. The van der Waals surface area contributed by atoms with Crippen molar-refractivity contribution in [3.8, 4) is 11.6 Å². The van der Waals surface area contributed by atoms with Crippen LogP contribution in [0.2, 0.25) is 0 Å². The number of rotatable bonds is 5. The van der Waals surface area contributed by atoms with Crippen LogP contribution in [0.4, 0.5) is 0 Å². The Morgan fingerprint density at radius 1 is 0.875 bits per heavy atom. The monoisotopic (exact) mass is 327 g/mol. The molecule has 2 rings (SSSR count). The second kappa shape index (κ2) is 7.35. The largest absolute Gasteiger partial charge is 0.439 e. The van der Waals surface area contributed by atoms with Crippen molar-refractivity contribution in [3.05, 3.63) is 53.7 Å². The standard InChI is InChI=1S/C21H29NO2/c1-20(2,3)15-23-14-17-8-7-9-19(22-17)24-18-12-10-16(11-13-18)21(4,5)6/h7-13H,14-15H2,1-6H3. The van der Waals surface area contributed by atoms with E-state index in [2.05, 4.69) is 58.7 Å². The number of nitrogens with zero attached hydrogens (tertiary/aromatic N) is 1. The molecule has 0 radical (unpaired) electrons. The van der Waals surface area contributed by atoms with E-state index >= 15 is 0 Å². The van der Waals surface area contributed by atoms with Crippen LogP contribution in [0.1, 0.15) is 52.8 Å². The Morgan fingerprint density at radius 3 is 2.12 bits per heavy atom. The molecule has 0 fully saturated rings. The summed E-state index contributed by atoms with van der Waals surface area (Å²) in [5.74, 6) is 1.39. The molecule has 1 aromatic heterocycles. The highest BCUT2D eigenvalue weighted by Gasteiger charge is 2.13. The summed E-state index contributed by atoms with van der Waals surface area (Å²) in [5.41, 5.74) is 2.46. The fraction of sp³-hybridized carbons (Fsp3) is 0.476. The number of hydrogen-bond acceptors (Lipinski definition) is 3. The van der Waals surface area contributed by atoms with Crippen LogP contribution in [0.15, 0.2) is 42.5 Å². The normalized spacial score (nSPS) is 12.2. The fourth-order valence-corrected chi connectivity index (χ4v) is 2.20. The van der Waals surface area contributed by atoms with Crippen LogP contribution in [0.25, 0.3) is 0 Å². The summed E-state index contributed by atoms with van der Waals surface area (Å²) in [6.07, 6.45) is 0. The van der Waals surface area contributed by atoms with Gasteiger partial charge in [0.2, 0.25) is 5.88 Å². The van der Waals surface area contributed by atoms with Crippen LogP contribution >= 0.6 is 0 Å². The first kappa shape index (κ1) is 18.5. The van der Waals surface area contributed by atoms with Gasteiger partial charge in [-0.2, -0.15) is 0 Å². The zero-order valence-electron chi connectivity index (χ0n) is 15.7. The molecule has 0 aliphatic heterocycles. The predicted octanol–water partition coefficient (Wildman–Crippen LogP) is 5.73. The Balaban J connectivity index is 1.99. The van der Waals surface area contributed by atoms with Gasteiger partial charge in [-0.1, -0.05) is 59.7 Å². The van der Waals surface area contributed by atoms with Crippen molar-refractivity contribution < 1.29 is 9.47 Å². The van der Waals surface area contributed by atoms with E-state index in [-0.39, 0.29) is 10.8 Å². The Labute approximate surface area is 146 Å². The molecule has 0 bridgehead atoms. The van der Waals surface area contributed by atoms with Crippen molar-refractivity contribution in [1.82, 2.24) is 4.98 Å². The van der Waals surface area contributed by atoms with Crippen molar-refractivity contribution in [2.45, 2.75) is 53.6 Å². The molecule has 130 valence electrons. The van der Waals surface area contributed by atoms with Gasteiger partial charge in [-0.25, -0.2) is 4.98 Å². The quantitative estimate of drug-likeness (QED) is 0.702. The first-order chi connectivity index (χ1) is 11.1. The SMILES string of the molecule is CC(C)(C)COCc1cccc(Oc2ccc(C(C)(C)C)cc2)n1. The number of hydrogen-bond donors (Lipinski definition) is 0. The summed E-state index contributed by atoms with van der Waals surface area (Å²) < 4.78 is 11.6. The third-order valence-electron chi connectivity index (χ3n) is 3.51. The molecule has 3 heteroatoms. The van der Waals surface area contributed by atoms with Crippen molar-refractivity contribution in [3.63, 3.8) is 0 Å². The molecule has 1 heterocycles. The molecule has 1 aromatic carbocycles. The molecule has 0 atom stereocenters. The first-order valence-corrected chi connectivity index (χ1v) is 8.46. The maximum Gasteiger partial charge on any atom is 0.219 e. The van der Waals surface area contributed by atoms with Crippen LogP contribution in [0.3, 0.4) is 0 Å². The summed E-state index contributed by atoms with van der Waals surface area (Å²) in [5, 5.41) is 0. The third kappa shape index (κ3) is 5.97. The molecule has 24 heavy (non-hydrogen) atoms. The molecule has 0 aliphatic carbocycles. The molecule has 0 spiro atoms. The van der Waals surface area contributed by atoms with E-state index in [0.29, 0.717) is 19.1 Å². The highest BCUT2D eigenvalue weighted by atomic mass is 16.5. The molecule has 0 saturated heterocycles. The highest BCUT2D eigenvalue weighted by Crippen LogP contribution is 2.26. The van der Waals surface area contributed by atoms with Crippen molar-refractivity contribution >= 4 is 0 Å². The Kier molecular flexibility index (Phi) is 5.66. The van der Waals surface area contributed by atoms with Crippen LogP contribution in [-0.2, 0) is 16.8 Å². The maximum absolute atomic E-state index is 5.87. The fourth-order valence-electron chi connectivity index (χ4n) is 2.20. The Morgan fingerprint density at radius 2 is 1.54 bits per heavy atom. The minimum absolute atomic E-state index is 0.140. The van der Waals surface area contributed by atoms with Gasteiger partial charge >= 0.3 is 0 Å². The average molecular weight is 327 g/mol. The lowest BCUT2D eigenvalue weighted by molar-refractivity contribution is 0.0579. The Bertz CT molecular complexity index is 649. The summed E-state index contributed by atoms with van der Waals surface area (Å²) in [6.45, 7) is 14.3. The van der Waals surface area contributed by atoms with Gasteiger partial charge in [0.05, 0.1) is 18.9 Å². The molecular formula is C21H29NO2. The van der Waals surface area contributed by atoms with E-state index in [1.165, 1.54) is 5.56 Å². The molecule has 2 aromatic rings. The highest BCUT2D eigenvalue weighted by molar-refractivity contribution is 5.33. The van der Waals surface area contributed by atoms with Gasteiger partial charge in [0, 0.05) is 6.07 Å². The van der Waals surface area contributed by atoms with Crippen molar-refractivity contribution in [1.29, 1.82) is 0 Å². The van der Waals surface area contributed by atoms with Gasteiger partial charge in [-0.3, -0.25) is 0 Å². The van der Waals surface area contributed by atoms with E-state index in [0.717, 1.165) is 11.4 Å². The van der Waals surface area contributed by atoms with Gasteiger partial charge in [-0.15, -0.1) is 0 Å². The smallest absolute Gasteiger partial charge is 0.219 e. The summed E-state index contributed by atoms with van der Waals surface area (Å²) in [6, 6.07) is 14.0. The number of ether oxygens (including phenoxy) is 2. The van der Waals surface area contributed by atoms with Gasteiger partial charge in [-0.05, 0) is 34.6 Å². The van der Waals surface area contributed by atoms with Gasteiger partial charge in [0.25, 0.3) is 0 Å². The molecule has 0 unspecified atom stereocenters. The third-order valence-corrected chi connectivity index (χ3v) is 3.51. The van der Waals surface area contributed by atoms with Crippen LogP contribution in [0, 0.1) is 5.41 Å². The average Bonchev–Trinajstić information content (AvgIpc) is 2.46. The van der Waals surface area contributed by atoms with Crippen molar-refractivity contribution in [2.75, 3.05) is 6.61 Å². The van der Waals surface area contributed by atoms with Gasteiger partial charge < -0.3 is 9.47 Å². The maximum atomic E-state index is 5.87. The molecule has 0 amide bonds. The molecule has 0 saturated carbocycles. The zero-order chi connectivity index (χ0) is 17.8. The zero-order valence-corrected chi connectivity index (χ0v) is 15.7. The number of aromatic nitrogens is 1. The van der Waals surface area contributed by atoms with Crippen LogP contribution in [0.5, 0.6) is 11.6 Å². The second-order valence-corrected chi connectivity index (χ2v) is 8.40. The van der Waals surface area contributed by atoms with Gasteiger partial charge in [0.15, 0.2) is 0 Å². The van der Waals surface area contributed by atoms with E-state index < -0.39 is 0 Å².